The Hall–Kier alpha value is -1.95. The van der Waals surface area contributed by atoms with Crippen molar-refractivity contribution in [2.24, 2.45) is 0 Å². The van der Waals surface area contributed by atoms with Gasteiger partial charge in [-0.05, 0) is 43.0 Å². The van der Waals surface area contributed by atoms with Gasteiger partial charge < -0.3 is 24.6 Å². The van der Waals surface area contributed by atoms with Gasteiger partial charge >= 0.3 is 5.97 Å². The molecule has 0 saturated carbocycles. The number of methoxy groups -OCH3 is 1. The zero-order valence-corrected chi connectivity index (χ0v) is 11.2. The van der Waals surface area contributed by atoms with Crippen LogP contribution in [0.1, 0.15) is 24.3 Å². The highest BCUT2D eigenvalue weighted by molar-refractivity contribution is 5.73. The predicted molar refractivity (Wildman–Crippen MR) is 70.5 cm³/mol. The summed E-state index contributed by atoms with van der Waals surface area (Å²) in [5.41, 5.74) is 1.04. The van der Waals surface area contributed by atoms with Crippen LogP contribution < -0.4 is 19.5 Å². The molecule has 20 heavy (non-hydrogen) atoms. The lowest BCUT2D eigenvalue weighted by atomic mass is 9.86. The minimum absolute atomic E-state index is 0.181. The van der Waals surface area contributed by atoms with E-state index >= 15 is 0 Å². The van der Waals surface area contributed by atoms with E-state index in [1.165, 1.54) is 0 Å². The second kappa shape index (κ2) is 5.20. The highest BCUT2D eigenvalue weighted by Gasteiger charge is 2.29. The summed E-state index contributed by atoms with van der Waals surface area (Å²) in [6.45, 7) is 0.886. The molecule has 1 saturated heterocycles. The quantitative estimate of drug-likeness (QED) is 0.869. The van der Waals surface area contributed by atoms with E-state index in [0.717, 1.165) is 12.0 Å². The second-order valence-electron chi connectivity index (χ2n) is 5.02. The fourth-order valence-electron chi connectivity index (χ4n) is 2.79. The monoisotopic (exact) mass is 279 g/mol. The van der Waals surface area contributed by atoms with E-state index in [4.69, 9.17) is 19.3 Å². The Morgan fingerprint density at radius 2 is 2.30 bits per heavy atom. The summed E-state index contributed by atoms with van der Waals surface area (Å²) in [5.74, 6) is 1.31. The van der Waals surface area contributed by atoms with Gasteiger partial charge in [0.05, 0.1) is 7.11 Å². The SMILES string of the molecule is COc1cc(C2CCNC(C(=O)O)C2)cc2c1OCO2. The largest absolute Gasteiger partial charge is 0.493 e. The van der Waals surface area contributed by atoms with E-state index in [2.05, 4.69) is 5.32 Å². The first-order valence-corrected chi connectivity index (χ1v) is 6.62. The van der Waals surface area contributed by atoms with Crippen LogP contribution in [0.15, 0.2) is 12.1 Å². The van der Waals surface area contributed by atoms with E-state index in [1.807, 2.05) is 12.1 Å². The Kier molecular flexibility index (Phi) is 3.40. The number of carboxylic acid groups (broad SMARTS) is 1. The van der Waals surface area contributed by atoms with Crippen molar-refractivity contribution in [2.45, 2.75) is 24.8 Å². The first kappa shape index (κ1) is 13.1. The highest BCUT2D eigenvalue weighted by atomic mass is 16.7. The van der Waals surface area contributed by atoms with Gasteiger partial charge in [-0.1, -0.05) is 0 Å². The van der Waals surface area contributed by atoms with Crippen LogP contribution in [-0.2, 0) is 4.79 Å². The molecule has 0 spiro atoms. The van der Waals surface area contributed by atoms with Crippen molar-refractivity contribution in [3.63, 3.8) is 0 Å². The lowest BCUT2D eigenvalue weighted by Crippen LogP contribution is -2.42. The number of rotatable bonds is 3. The molecule has 2 unspecified atom stereocenters. The average molecular weight is 279 g/mol. The minimum atomic E-state index is -0.803. The Balaban J connectivity index is 1.88. The van der Waals surface area contributed by atoms with E-state index in [0.29, 0.717) is 30.2 Å². The summed E-state index contributed by atoms with van der Waals surface area (Å²) < 4.78 is 16.1. The minimum Gasteiger partial charge on any atom is -0.493 e. The summed E-state index contributed by atoms with van der Waals surface area (Å²) in [6, 6.07) is 3.35. The number of carbonyl (C=O) groups is 1. The van der Waals surface area contributed by atoms with Crippen molar-refractivity contribution >= 4 is 5.97 Å². The Morgan fingerprint density at radius 1 is 1.45 bits per heavy atom. The maximum absolute atomic E-state index is 11.1. The Morgan fingerprint density at radius 3 is 3.05 bits per heavy atom. The third-order valence-electron chi connectivity index (χ3n) is 3.85. The van der Waals surface area contributed by atoms with E-state index in [9.17, 15) is 4.79 Å². The number of piperidine rings is 1. The third kappa shape index (κ3) is 2.27. The molecule has 2 heterocycles. The topological polar surface area (TPSA) is 77.0 Å². The molecule has 1 aromatic rings. The second-order valence-corrected chi connectivity index (χ2v) is 5.02. The number of carboxylic acids is 1. The van der Waals surface area contributed by atoms with Crippen LogP contribution in [-0.4, -0.2) is 37.6 Å². The summed E-state index contributed by atoms with van der Waals surface area (Å²) in [7, 11) is 1.59. The van der Waals surface area contributed by atoms with Crippen molar-refractivity contribution in [3.8, 4) is 17.2 Å². The smallest absolute Gasteiger partial charge is 0.320 e. The standard InChI is InChI=1S/C14H17NO5/c1-18-11-5-9(6-12-13(11)20-7-19-12)8-2-3-15-10(4-8)14(16)17/h5-6,8,10,15H,2-4,7H2,1H3,(H,16,17). The number of hydrogen-bond acceptors (Lipinski definition) is 5. The Labute approximate surface area is 116 Å². The van der Waals surface area contributed by atoms with Crippen molar-refractivity contribution in [2.75, 3.05) is 20.4 Å². The first-order chi connectivity index (χ1) is 9.69. The number of hydrogen-bond donors (Lipinski definition) is 2. The molecule has 2 atom stereocenters. The maximum atomic E-state index is 11.1. The van der Waals surface area contributed by atoms with E-state index in [1.54, 1.807) is 7.11 Å². The van der Waals surface area contributed by atoms with Crippen LogP contribution in [0.2, 0.25) is 0 Å². The maximum Gasteiger partial charge on any atom is 0.320 e. The Bertz CT molecular complexity index is 531. The van der Waals surface area contributed by atoms with Gasteiger partial charge in [0, 0.05) is 0 Å². The number of nitrogens with one attached hydrogen (secondary N) is 1. The van der Waals surface area contributed by atoms with Crippen LogP contribution in [0.25, 0.3) is 0 Å². The zero-order chi connectivity index (χ0) is 14.1. The molecule has 1 aromatic carbocycles. The molecule has 108 valence electrons. The summed E-state index contributed by atoms with van der Waals surface area (Å²) >= 11 is 0. The van der Waals surface area contributed by atoms with E-state index < -0.39 is 12.0 Å². The van der Waals surface area contributed by atoms with Crippen molar-refractivity contribution in [3.05, 3.63) is 17.7 Å². The van der Waals surface area contributed by atoms with Crippen LogP contribution in [0.3, 0.4) is 0 Å². The summed E-state index contributed by atoms with van der Waals surface area (Å²) in [4.78, 5) is 11.1. The molecule has 2 N–H and O–H groups in total. The summed E-state index contributed by atoms with van der Waals surface area (Å²) in [6.07, 6.45) is 1.46. The van der Waals surface area contributed by atoms with Crippen LogP contribution in [0.5, 0.6) is 17.2 Å². The van der Waals surface area contributed by atoms with Gasteiger partial charge in [0.25, 0.3) is 0 Å². The molecule has 0 amide bonds. The van der Waals surface area contributed by atoms with Gasteiger partial charge in [0.1, 0.15) is 6.04 Å². The third-order valence-corrected chi connectivity index (χ3v) is 3.85. The number of aliphatic carboxylic acids is 1. The van der Waals surface area contributed by atoms with Crippen LogP contribution in [0.4, 0.5) is 0 Å². The average Bonchev–Trinajstić information content (AvgIpc) is 2.94. The van der Waals surface area contributed by atoms with Gasteiger partial charge in [0.15, 0.2) is 11.5 Å². The molecule has 6 nitrogen and oxygen atoms in total. The first-order valence-electron chi connectivity index (χ1n) is 6.62. The number of benzene rings is 1. The van der Waals surface area contributed by atoms with Gasteiger partial charge in [-0.25, -0.2) is 0 Å². The number of ether oxygens (including phenoxy) is 3. The summed E-state index contributed by atoms with van der Waals surface area (Å²) in [5, 5.41) is 12.1. The molecule has 2 aliphatic heterocycles. The molecule has 0 aromatic heterocycles. The van der Waals surface area contributed by atoms with E-state index in [-0.39, 0.29) is 12.7 Å². The molecular formula is C14H17NO5. The highest BCUT2D eigenvalue weighted by Crippen LogP contribution is 2.44. The molecule has 2 aliphatic rings. The molecular weight excluding hydrogens is 262 g/mol. The predicted octanol–water partition coefficient (Wildman–Crippen LogP) is 1.34. The van der Waals surface area contributed by atoms with Gasteiger partial charge in [0.2, 0.25) is 12.5 Å². The number of fused-ring (bicyclic) bond motifs is 1. The van der Waals surface area contributed by atoms with Gasteiger partial charge in [-0.2, -0.15) is 0 Å². The van der Waals surface area contributed by atoms with Crippen molar-refractivity contribution < 1.29 is 24.1 Å². The molecule has 0 bridgehead atoms. The van der Waals surface area contributed by atoms with Crippen LogP contribution in [0, 0.1) is 0 Å². The van der Waals surface area contributed by atoms with Gasteiger partial charge in [-0.15, -0.1) is 0 Å². The van der Waals surface area contributed by atoms with Crippen molar-refractivity contribution in [1.82, 2.24) is 5.32 Å². The van der Waals surface area contributed by atoms with Crippen molar-refractivity contribution in [1.29, 1.82) is 0 Å². The normalized spacial score (nSPS) is 24.4. The van der Waals surface area contributed by atoms with Crippen LogP contribution >= 0.6 is 0 Å². The van der Waals surface area contributed by atoms with Gasteiger partial charge in [-0.3, -0.25) is 4.79 Å². The molecule has 0 aliphatic carbocycles. The molecule has 1 fully saturated rings. The molecule has 0 radical (unpaired) electrons. The zero-order valence-electron chi connectivity index (χ0n) is 11.2. The lowest BCUT2D eigenvalue weighted by Gasteiger charge is -2.28. The lowest BCUT2D eigenvalue weighted by molar-refractivity contribution is -0.140. The fourth-order valence-corrected chi connectivity index (χ4v) is 2.79. The molecule has 3 rings (SSSR count). The molecule has 6 heteroatoms. The fraction of sp³-hybridized carbons (Fsp3) is 0.500.